The number of carbonyl (C=O) groups is 1. The van der Waals surface area contributed by atoms with E-state index in [1.165, 1.54) is 19.3 Å². The number of ether oxygens (including phenoxy) is 2. The fourth-order valence-corrected chi connectivity index (χ4v) is 2.89. The number of methoxy groups -OCH3 is 1. The van der Waals surface area contributed by atoms with Crippen molar-refractivity contribution in [3.8, 4) is 5.75 Å². The first-order valence-electron chi connectivity index (χ1n) is 6.69. The van der Waals surface area contributed by atoms with Gasteiger partial charge in [0.1, 0.15) is 12.4 Å². The lowest BCUT2D eigenvalue weighted by Crippen LogP contribution is -2.21. The van der Waals surface area contributed by atoms with E-state index < -0.39 is 0 Å². The molecule has 0 heterocycles. The van der Waals surface area contributed by atoms with E-state index in [2.05, 4.69) is 15.9 Å². The van der Waals surface area contributed by atoms with Gasteiger partial charge in [0.2, 0.25) is 0 Å². The SMILES string of the molecule is COc1ccc(C(=O)COC2CCCCC2)cc1Br. The third kappa shape index (κ3) is 4.05. The first kappa shape index (κ1) is 14.5. The van der Waals surface area contributed by atoms with Crippen molar-refractivity contribution in [3.63, 3.8) is 0 Å². The highest BCUT2D eigenvalue weighted by molar-refractivity contribution is 9.10. The Labute approximate surface area is 122 Å². The number of hydrogen-bond donors (Lipinski definition) is 0. The zero-order chi connectivity index (χ0) is 13.7. The second-order valence-corrected chi connectivity index (χ2v) is 5.70. The zero-order valence-electron chi connectivity index (χ0n) is 11.2. The summed E-state index contributed by atoms with van der Waals surface area (Å²) < 4.78 is 11.6. The van der Waals surface area contributed by atoms with Crippen LogP contribution in [0, 0.1) is 0 Å². The highest BCUT2D eigenvalue weighted by Gasteiger charge is 2.16. The summed E-state index contributed by atoms with van der Waals surface area (Å²) in [7, 11) is 1.60. The molecule has 1 fully saturated rings. The van der Waals surface area contributed by atoms with E-state index in [4.69, 9.17) is 9.47 Å². The summed E-state index contributed by atoms with van der Waals surface area (Å²) in [5, 5.41) is 0. The molecule has 0 N–H and O–H groups in total. The van der Waals surface area contributed by atoms with Crippen LogP contribution in [0.3, 0.4) is 0 Å². The number of rotatable bonds is 5. The summed E-state index contributed by atoms with van der Waals surface area (Å²) in [6, 6.07) is 5.35. The van der Waals surface area contributed by atoms with Gasteiger partial charge in [-0.1, -0.05) is 19.3 Å². The van der Waals surface area contributed by atoms with Gasteiger partial charge in [-0.05, 0) is 47.0 Å². The van der Waals surface area contributed by atoms with Crippen LogP contribution in [0.1, 0.15) is 42.5 Å². The van der Waals surface area contributed by atoms with Crippen molar-refractivity contribution in [2.45, 2.75) is 38.2 Å². The molecule has 4 heteroatoms. The zero-order valence-corrected chi connectivity index (χ0v) is 12.7. The van der Waals surface area contributed by atoms with Gasteiger partial charge >= 0.3 is 0 Å². The minimum atomic E-state index is 0.0222. The maximum atomic E-state index is 12.1. The number of carbonyl (C=O) groups excluding carboxylic acids is 1. The third-order valence-corrected chi connectivity index (χ3v) is 4.10. The molecule has 0 spiro atoms. The van der Waals surface area contributed by atoms with Crippen LogP contribution >= 0.6 is 15.9 Å². The van der Waals surface area contributed by atoms with Gasteiger partial charge in [0.05, 0.1) is 17.7 Å². The summed E-state index contributed by atoms with van der Waals surface area (Å²) in [4.78, 5) is 12.1. The summed E-state index contributed by atoms with van der Waals surface area (Å²) in [5.74, 6) is 0.749. The quantitative estimate of drug-likeness (QED) is 0.767. The molecule has 0 aromatic heterocycles. The summed E-state index contributed by atoms with van der Waals surface area (Å²) in [5.41, 5.74) is 0.656. The Kier molecular flexibility index (Phi) is 5.40. The number of Topliss-reactive ketones (excluding diaryl/α,β-unsaturated/α-hetero) is 1. The van der Waals surface area contributed by atoms with Gasteiger partial charge in [-0.3, -0.25) is 4.79 Å². The van der Waals surface area contributed by atoms with Crippen molar-refractivity contribution < 1.29 is 14.3 Å². The van der Waals surface area contributed by atoms with Crippen LogP contribution in [0.4, 0.5) is 0 Å². The Morgan fingerprint density at radius 3 is 2.68 bits per heavy atom. The van der Waals surface area contributed by atoms with Crippen molar-refractivity contribution in [1.29, 1.82) is 0 Å². The van der Waals surface area contributed by atoms with Crippen LogP contribution in [0.25, 0.3) is 0 Å². The predicted molar refractivity (Wildman–Crippen MR) is 77.8 cm³/mol. The molecule has 0 aliphatic heterocycles. The highest BCUT2D eigenvalue weighted by atomic mass is 79.9. The molecular weight excluding hydrogens is 308 g/mol. The Bertz CT molecular complexity index is 439. The molecule has 1 aromatic carbocycles. The lowest BCUT2D eigenvalue weighted by Gasteiger charge is -2.21. The molecule has 1 aromatic rings. The largest absolute Gasteiger partial charge is 0.496 e. The Morgan fingerprint density at radius 1 is 1.32 bits per heavy atom. The predicted octanol–water partition coefficient (Wildman–Crippen LogP) is 3.99. The number of benzene rings is 1. The van der Waals surface area contributed by atoms with Gasteiger partial charge in [0.15, 0.2) is 5.78 Å². The average Bonchev–Trinajstić information content (AvgIpc) is 2.45. The highest BCUT2D eigenvalue weighted by Crippen LogP contribution is 2.26. The van der Waals surface area contributed by atoms with Crippen LogP contribution in [-0.4, -0.2) is 25.6 Å². The van der Waals surface area contributed by atoms with Gasteiger partial charge in [0, 0.05) is 5.56 Å². The van der Waals surface area contributed by atoms with Gasteiger partial charge < -0.3 is 9.47 Å². The molecule has 0 amide bonds. The molecule has 104 valence electrons. The van der Waals surface area contributed by atoms with E-state index >= 15 is 0 Å². The van der Waals surface area contributed by atoms with Crippen molar-refractivity contribution in [2.75, 3.05) is 13.7 Å². The normalized spacial score (nSPS) is 16.3. The van der Waals surface area contributed by atoms with Crippen molar-refractivity contribution >= 4 is 21.7 Å². The van der Waals surface area contributed by atoms with Crippen LogP contribution < -0.4 is 4.74 Å². The van der Waals surface area contributed by atoms with E-state index in [0.717, 1.165) is 23.1 Å². The second-order valence-electron chi connectivity index (χ2n) is 4.84. The lowest BCUT2D eigenvalue weighted by molar-refractivity contribution is 0.0284. The molecule has 3 nitrogen and oxygen atoms in total. The number of hydrogen-bond acceptors (Lipinski definition) is 3. The van der Waals surface area contributed by atoms with Gasteiger partial charge in [-0.25, -0.2) is 0 Å². The molecule has 1 aliphatic rings. The second kappa shape index (κ2) is 7.06. The molecule has 0 radical (unpaired) electrons. The van der Waals surface area contributed by atoms with Crippen LogP contribution in [0.15, 0.2) is 22.7 Å². The van der Waals surface area contributed by atoms with Crippen LogP contribution in [0.5, 0.6) is 5.75 Å². The number of ketones is 1. The van der Waals surface area contributed by atoms with Crippen molar-refractivity contribution in [3.05, 3.63) is 28.2 Å². The topological polar surface area (TPSA) is 35.5 Å². The molecular formula is C15H19BrO3. The van der Waals surface area contributed by atoms with E-state index in [-0.39, 0.29) is 18.5 Å². The molecule has 19 heavy (non-hydrogen) atoms. The van der Waals surface area contributed by atoms with Gasteiger partial charge in [0.25, 0.3) is 0 Å². The summed E-state index contributed by atoms with van der Waals surface area (Å²) >= 11 is 3.39. The molecule has 0 saturated heterocycles. The average molecular weight is 327 g/mol. The fourth-order valence-electron chi connectivity index (χ4n) is 2.35. The van der Waals surface area contributed by atoms with E-state index in [1.54, 1.807) is 25.3 Å². The standard InChI is InChI=1S/C15H19BrO3/c1-18-15-8-7-11(9-13(15)16)14(17)10-19-12-5-3-2-4-6-12/h7-9,12H,2-6,10H2,1H3. The van der Waals surface area contributed by atoms with Gasteiger partial charge in [-0.15, -0.1) is 0 Å². The first-order valence-corrected chi connectivity index (χ1v) is 7.48. The van der Waals surface area contributed by atoms with E-state index in [9.17, 15) is 4.79 Å². The molecule has 0 bridgehead atoms. The third-order valence-electron chi connectivity index (χ3n) is 3.48. The van der Waals surface area contributed by atoms with E-state index in [0.29, 0.717) is 5.56 Å². The van der Waals surface area contributed by atoms with Crippen molar-refractivity contribution in [2.24, 2.45) is 0 Å². The minimum Gasteiger partial charge on any atom is -0.496 e. The van der Waals surface area contributed by atoms with Crippen LogP contribution in [0.2, 0.25) is 0 Å². The van der Waals surface area contributed by atoms with Gasteiger partial charge in [-0.2, -0.15) is 0 Å². The van der Waals surface area contributed by atoms with Crippen LogP contribution in [-0.2, 0) is 4.74 Å². The smallest absolute Gasteiger partial charge is 0.188 e. The minimum absolute atomic E-state index is 0.0222. The lowest BCUT2D eigenvalue weighted by atomic mass is 9.98. The molecule has 1 aliphatic carbocycles. The van der Waals surface area contributed by atoms with E-state index in [1.807, 2.05) is 0 Å². The fraction of sp³-hybridized carbons (Fsp3) is 0.533. The first-order chi connectivity index (χ1) is 9.20. The Hall–Kier alpha value is -0.870. The monoisotopic (exact) mass is 326 g/mol. The molecule has 0 unspecified atom stereocenters. The molecule has 0 atom stereocenters. The molecule has 2 rings (SSSR count). The summed E-state index contributed by atoms with van der Waals surface area (Å²) in [6.07, 6.45) is 6.15. The Balaban J connectivity index is 1.90. The molecule has 1 saturated carbocycles. The number of halogens is 1. The maximum absolute atomic E-state index is 12.1. The Morgan fingerprint density at radius 2 is 2.05 bits per heavy atom. The summed E-state index contributed by atoms with van der Waals surface area (Å²) in [6.45, 7) is 0.170. The van der Waals surface area contributed by atoms with Crippen molar-refractivity contribution in [1.82, 2.24) is 0 Å². The maximum Gasteiger partial charge on any atom is 0.188 e.